The van der Waals surface area contributed by atoms with Gasteiger partial charge in [-0.3, -0.25) is 9.59 Å². The molecule has 2 amide bonds. The van der Waals surface area contributed by atoms with Gasteiger partial charge in [0, 0.05) is 24.3 Å². The number of ether oxygens (including phenoxy) is 2. The van der Waals surface area contributed by atoms with E-state index in [1.54, 1.807) is 26.4 Å². The third-order valence-electron chi connectivity index (χ3n) is 7.31. The van der Waals surface area contributed by atoms with Crippen LogP contribution in [0.5, 0.6) is 11.5 Å². The van der Waals surface area contributed by atoms with Gasteiger partial charge in [0.15, 0.2) is 0 Å². The highest BCUT2D eigenvalue weighted by Gasteiger charge is 2.26. The molecule has 0 radical (unpaired) electrons. The van der Waals surface area contributed by atoms with Crippen LogP contribution in [-0.2, 0) is 4.79 Å². The van der Waals surface area contributed by atoms with E-state index in [1.165, 1.54) is 19.3 Å². The van der Waals surface area contributed by atoms with E-state index in [-0.39, 0.29) is 11.8 Å². The van der Waals surface area contributed by atoms with Crippen molar-refractivity contribution >= 4 is 17.5 Å². The van der Waals surface area contributed by atoms with Gasteiger partial charge in [-0.15, -0.1) is 0 Å². The monoisotopic (exact) mass is 529 g/mol. The lowest BCUT2D eigenvalue weighted by molar-refractivity contribution is -0.123. The van der Waals surface area contributed by atoms with Gasteiger partial charge in [0.2, 0.25) is 5.91 Å². The molecule has 39 heavy (non-hydrogen) atoms. The third kappa shape index (κ3) is 8.24. The molecule has 3 aromatic carbocycles. The molecule has 0 aliphatic heterocycles. The lowest BCUT2D eigenvalue weighted by Gasteiger charge is -2.26. The molecule has 1 fully saturated rings. The summed E-state index contributed by atoms with van der Waals surface area (Å²) >= 11 is 0. The number of carbonyl (C=O) groups is 2. The van der Waals surface area contributed by atoms with Gasteiger partial charge in [0.25, 0.3) is 5.91 Å². The van der Waals surface area contributed by atoms with Gasteiger partial charge in [0.05, 0.1) is 14.2 Å². The third-order valence-corrected chi connectivity index (χ3v) is 7.31. The minimum Gasteiger partial charge on any atom is -0.497 e. The maximum absolute atomic E-state index is 13.2. The maximum atomic E-state index is 13.2. The normalized spacial score (nSPS) is 14.2. The standard InChI is InChI=1S/C32H39N3O4/c1-38-28-17-15-27(16-18-28)33-19-20-34-32(37)30(21-23-7-4-3-5-8-23)35-31(36)25-13-11-24(12-14-25)26-9-6-10-29(22-26)39-2/h6,9-18,22-23,30,33H,3-5,7-8,19-21H2,1-2H3,(H,34,37)(H,35,36)/t30-/m0/s1. The summed E-state index contributed by atoms with van der Waals surface area (Å²) in [4.78, 5) is 26.4. The Morgan fingerprint density at radius 2 is 1.54 bits per heavy atom. The zero-order valence-electron chi connectivity index (χ0n) is 22.9. The Labute approximate surface area is 231 Å². The smallest absolute Gasteiger partial charge is 0.251 e. The molecule has 0 aromatic heterocycles. The summed E-state index contributed by atoms with van der Waals surface area (Å²) in [5.41, 5.74) is 3.49. The van der Waals surface area contributed by atoms with Gasteiger partial charge in [-0.1, -0.05) is 56.4 Å². The molecule has 206 valence electrons. The van der Waals surface area contributed by atoms with Gasteiger partial charge in [-0.25, -0.2) is 0 Å². The summed E-state index contributed by atoms with van der Waals surface area (Å²) in [6.45, 7) is 1.03. The topological polar surface area (TPSA) is 88.7 Å². The van der Waals surface area contributed by atoms with E-state index < -0.39 is 6.04 Å². The number of amides is 2. The molecule has 0 spiro atoms. The molecule has 3 N–H and O–H groups in total. The summed E-state index contributed by atoms with van der Waals surface area (Å²) in [6, 6.07) is 22.3. The largest absolute Gasteiger partial charge is 0.497 e. The summed E-state index contributed by atoms with van der Waals surface area (Å²) in [7, 11) is 3.28. The van der Waals surface area contributed by atoms with Crippen molar-refractivity contribution in [1.82, 2.24) is 10.6 Å². The Morgan fingerprint density at radius 1 is 0.821 bits per heavy atom. The van der Waals surface area contributed by atoms with Crippen LogP contribution in [0, 0.1) is 5.92 Å². The SMILES string of the molecule is COc1ccc(NCCNC(=O)[C@H](CC2CCCCC2)NC(=O)c2ccc(-c3cccc(OC)c3)cc2)cc1. The second-order valence-corrected chi connectivity index (χ2v) is 10.0. The zero-order chi connectivity index (χ0) is 27.5. The van der Waals surface area contributed by atoms with E-state index in [1.807, 2.05) is 60.7 Å². The average Bonchev–Trinajstić information content (AvgIpc) is 2.99. The van der Waals surface area contributed by atoms with Gasteiger partial charge in [0.1, 0.15) is 17.5 Å². The van der Waals surface area contributed by atoms with Crippen LogP contribution in [0.1, 0.15) is 48.9 Å². The minimum atomic E-state index is -0.570. The number of hydrogen-bond donors (Lipinski definition) is 3. The molecule has 1 atom stereocenters. The summed E-state index contributed by atoms with van der Waals surface area (Å²) in [5, 5.41) is 9.33. The molecule has 4 rings (SSSR count). The van der Waals surface area contributed by atoms with Crippen molar-refractivity contribution in [2.75, 3.05) is 32.6 Å². The molecule has 1 saturated carbocycles. The lowest BCUT2D eigenvalue weighted by atomic mass is 9.84. The Balaban J connectivity index is 1.35. The van der Waals surface area contributed by atoms with Crippen molar-refractivity contribution in [1.29, 1.82) is 0 Å². The summed E-state index contributed by atoms with van der Waals surface area (Å²) in [5.74, 6) is 1.65. The summed E-state index contributed by atoms with van der Waals surface area (Å²) in [6.07, 6.45) is 6.48. The van der Waals surface area contributed by atoms with E-state index in [2.05, 4.69) is 16.0 Å². The van der Waals surface area contributed by atoms with Crippen LogP contribution in [0.4, 0.5) is 5.69 Å². The maximum Gasteiger partial charge on any atom is 0.251 e. The van der Waals surface area contributed by atoms with Crippen molar-refractivity contribution in [3.05, 3.63) is 78.4 Å². The average molecular weight is 530 g/mol. The highest BCUT2D eigenvalue weighted by molar-refractivity contribution is 5.98. The van der Waals surface area contributed by atoms with Crippen LogP contribution in [0.15, 0.2) is 72.8 Å². The Hall–Kier alpha value is -4.00. The molecule has 0 saturated heterocycles. The molecule has 3 aromatic rings. The van der Waals surface area contributed by atoms with Crippen LogP contribution in [0.2, 0.25) is 0 Å². The van der Waals surface area contributed by atoms with Crippen LogP contribution in [0.25, 0.3) is 11.1 Å². The van der Waals surface area contributed by atoms with Crippen LogP contribution in [-0.4, -0.2) is 45.2 Å². The first-order chi connectivity index (χ1) is 19.1. The van der Waals surface area contributed by atoms with Gasteiger partial charge >= 0.3 is 0 Å². The fourth-order valence-corrected chi connectivity index (χ4v) is 5.07. The molecule has 0 bridgehead atoms. The predicted molar refractivity (Wildman–Crippen MR) is 155 cm³/mol. The Bertz CT molecular complexity index is 1200. The van der Waals surface area contributed by atoms with E-state index in [9.17, 15) is 9.59 Å². The highest BCUT2D eigenvalue weighted by atomic mass is 16.5. The number of benzene rings is 3. The van der Waals surface area contributed by atoms with Crippen molar-refractivity contribution < 1.29 is 19.1 Å². The molecular formula is C32H39N3O4. The highest BCUT2D eigenvalue weighted by Crippen LogP contribution is 2.28. The number of carbonyl (C=O) groups excluding carboxylic acids is 2. The quantitative estimate of drug-likeness (QED) is 0.263. The number of anilines is 1. The van der Waals surface area contributed by atoms with E-state index in [4.69, 9.17) is 9.47 Å². The zero-order valence-corrected chi connectivity index (χ0v) is 22.9. The molecular weight excluding hydrogens is 490 g/mol. The molecule has 7 nitrogen and oxygen atoms in total. The van der Waals surface area contributed by atoms with Crippen molar-refractivity contribution in [3.63, 3.8) is 0 Å². The first kappa shape index (κ1) is 28.0. The van der Waals surface area contributed by atoms with E-state index >= 15 is 0 Å². The Kier molecular flexibility index (Phi) is 10.2. The van der Waals surface area contributed by atoms with E-state index in [0.717, 1.165) is 41.2 Å². The predicted octanol–water partition coefficient (Wildman–Crippen LogP) is 5.67. The van der Waals surface area contributed by atoms with Gasteiger partial charge in [-0.2, -0.15) is 0 Å². The van der Waals surface area contributed by atoms with Crippen molar-refractivity contribution in [2.24, 2.45) is 5.92 Å². The second kappa shape index (κ2) is 14.2. The fourth-order valence-electron chi connectivity index (χ4n) is 5.07. The molecule has 1 aliphatic carbocycles. The summed E-state index contributed by atoms with van der Waals surface area (Å²) < 4.78 is 10.5. The second-order valence-electron chi connectivity index (χ2n) is 10.0. The number of methoxy groups -OCH3 is 2. The van der Waals surface area contributed by atoms with E-state index in [0.29, 0.717) is 31.0 Å². The van der Waals surface area contributed by atoms with Crippen LogP contribution >= 0.6 is 0 Å². The number of hydrogen-bond acceptors (Lipinski definition) is 5. The molecule has 0 heterocycles. The first-order valence-electron chi connectivity index (χ1n) is 13.8. The minimum absolute atomic E-state index is 0.140. The van der Waals surface area contributed by atoms with Crippen LogP contribution < -0.4 is 25.4 Å². The van der Waals surface area contributed by atoms with Gasteiger partial charge in [-0.05, 0) is 72.0 Å². The van der Waals surface area contributed by atoms with Gasteiger partial charge < -0.3 is 25.4 Å². The van der Waals surface area contributed by atoms with Crippen LogP contribution in [0.3, 0.4) is 0 Å². The fraction of sp³-hybridized carbons (Fsp3) is 0.375. The molecule has 0 unspecified atom stereocenters. The molecule has 1 aliphatic rings. The molecule has 7 heteroatoms. The van der Waals surface area contributed by atoms with Crippen molar-refractivity contribution in [3.8, 4) is 22.6 Å². The Morgan fingerprint density at radius 3 is 2.23 bits per heavy atom. The lowest BCUT2D eigenvalue weighted by Crippen LogP contribution is -2.48. The van der Waals surface area contributed by atoms with Crippen molar-refractivity contribution in [2.45, 2.75) is 44.6 Å². The number of nitrogens with one attached hydrogen (secondary N) is 3. The number of rotatable bonds is 12. The first-order valence-corrected chi connectivity index (χ1v) is 13.8.